The highest BCUT2D eigenvalue weighted by Crippen LogP contribution is 2.44. The maximum absolute atomic E-state index is 5.69. The summed E-state index contributed by atoms with van der Waals surface area (Å²) in [6.07, 6.45) is 3.80. The molecule has 9 nitrogen and oxygen atoms in total. The SMILES string of the molecule is CCC(c1cc(OC)c(OC)cc1OC)C(C)Cc1cc(OC)c(OC)cc1OC.CCCc1cc(OC)c(OC)cc1OC. The average Bonchev–Trinajstić information content (AvgIpc) is 3.08. The van der Waals surface area contributed by atoms with Gasteiger partial charge in [-0.15, -0.1) is 0 Å². The van der Waals surface area contributed by atoms with E-state index in [9.17, 15) is 0 Å². The monoisotopic (exact) mass is 628 g/mol. The standard InChI is InChI=1S/C24H34O6.C12H18O3/c1-9-17(18-12-22(28-6)24(30-8)14-20(18)26-4)15(2)10-16-11-21(27-5)23(29-7)13-19(16)25-3;1-5-6-9-7-11(14-3)12(15-4)8-10(9)13-2/h11-15,17H,9-10H2,1-8H3;7-8H,5-6H2,1-4H3. The van der Waals surface area contributed by atoms with Gasteiger partial charge in [0.25, 0.3) is 0 Å². The predicted molar refractivity (Wildman–Crippen MR) is 178 cm³/mol. The lowest BCUT2D eigenvalue weighted by molar-refractivity contribution is 0.339. The average molecular weight is 629 g/mol. The van der Waals surface area contributed by atoms with Crippen LogP contribution >= 0.6 is 0 Å². The Morgan fingerprint density at radius 1 is 0.444 bits per heavy atom. The zero-order valence-corrected chi connectivity index (χ0v) is 29.1. The van der Waals surface area contributed by atoms with Crippen LogP contribution in [-0.4, -0.2) is 64.0 Å². The zero-order chi connectivity index (χ0) is 33.5. The van der Waals surface area contributed by atoms with Crippen LogP contribution in [0.25, 0.3) is 0 Å². The lowest BCUT2D eigenvalue weighted by Crippen LogP contribution is -2.14. The molecule has 9 heteroatoms. The number of aryl methyl sites for hydroxylation is 1. The number of benzene rings is 3. The fourth-order valence-electron chi connectivity index (χ4n) is 5.57. The van der Waals surface area contributed by atoms with Gasteiger partial charge in [0.05, 0.1) is 64.0 Å². The van der Waals surface area contributed by atoms with E-state index in [1.165, 1.54) is 0 Å². The van der Waals surface area contributed by atoms with E-state index in [1.807, 2.05) is 36.4 Å². The second kappa shape index (κ2) is 18.6. The molecule has 0 radical (unpaired) electrons. The van der Waals surface area contributed by atoms with Crippen molar-refractivity contribution >= 4 is 0 Å². The number of ether oxygens (including phenoxy) is 9. The van der Waals surface area contributed by atoms with Crippen molar-refractivity contribution in [3.63, 3.8) is 0 Å². The molecule has 0 N–H and O–H groups in total. The van der Waals surface area contributed by atoms with E-state index < -0.39 is 0 Å². The van der Waals surface area contributed by atoms with Gasteiger partial charge in [0.15, 0.2) is 34.5 Å². The first-order valence-corrected chi connectivity index (χ1v) is 15.1. The van der Waals surface area contributed by atoms with Crippen LogP contribution in [-0.2, 0) is 12.8 Å². The van der Waals surface area contributed by atoms with E-state index >= 15 is 0 Å². The minimum atomic E-state index is 0.248. The van der Waals surface area contributed by atoms with E-state index in [0.29, 0.717) is 34.7 Å². The minimum absolute atomic E-state index is 0.248. The van der Waals surface area contributed by atoms with Crippen molar-refractivity contribution in [1.82, 2.24) is 0 Å². The van der Waals surface area contributed by atoms with Gasteiger partial charge in [-0.25, -0.2) is 0 Å². The van der Waals surface area contributed by atoms with Gasteiger partial charge in [0, 0.05) is 23.8 Å². The third-order valence-electron chi connectivity index (χ3n) is 7.90. The summed E-state index contributed by atoms with van der Waals surface area (Å²) in [4.78, 5) is 0. The lowest BCUT2D eigenvalue weighted by atomic mass is 9.81. The highest BCUT2D eigenvalue weighted by atomic mass is 16.5. The smallest absolute Gasteiger partial charge is 0.164 e. The van der Waals surface area contributed by atoms with Crippen LogP contribution < -0.4 is 42.6 Å². The molecule has 3 aromatic rings. The highest BCUT2D eigenvalue weighted by Gasteiger charge is 2.25. The van der Waals surface area contributed by atoms with E-state index in [1.54, 1.807) is 64.0 Å². The normalized spacial score (nSPS) is 11.7. The van der Waals surface area contributed by atoms with Gasteiger partial charge in [0.1, 0.15) is 17.2 Å². The van der Waals surface area contributed by atoms with Crippen molar-refractivity contribution in [2.24, 2.45) is 5.92 Å². The topological polar surface area (TPSA) is 83.1 Å². The van der Waals surface area contributed by atoms with Crippen molar-refractivity contribution in [1.29, 1.82) is 0 Å². The molecular formula is C36H52O9. The van der Waals surface area contributed by atoms with Gasteiger partial charge >= 0.3 is 0 Å². The van der Waals surface area contributed by atoms with E-state index in [-0.39, 0.29) is 5.92 Å². The first-order chi connectivity index (χ1) is 21.7. The second-order valence-electron chi connectivity index (χ2n) is 10.4. The second-order valence-corrected chi connectivity index (χ2v) is 10.4. The van der Waals surface area contributed by atoms with Crippen molar-refractivity contribution in [2.75, 3.05) is 64.0 Å². The Morgan fingerprint density at radius 3 is 1.20 bits per heavy atom. The van der Waals surface area contributed by atoms with Gasteiger partial charge in [-0.3, -0.25) is 0 Å². The summed E-state index contributed by atoms with van der Waals surface area (Å²) in [5.41, 5.74) is 3.32. The third-order valence-corrected chi connectivity index (χ3v) is 7.90. The van der Waals surface area contributed by atoms with Gasteiger partial charge in [0.2, 0.25) is 0 Å². The number of rotatable bonds is 16. The van der Waals surface area contributed by atoms with Gasteiger partial charge in [-0.2, -0.15) is 0 Å². The van der Waals surface area contributed by atoms with Crippen LogP contribution in [0.1, 0.15) is 56.2 Å². The summed E-state index contributed by atoms with van der Waals surface area (Å²) in [5, 5.41) is 0. The molecule has 0 fully saturated rings. The van der Waals surface area contributed by atoms with Crippen LogP contribution in [0, 0.1) is 5.92 Å². The summed E-state index contributed by atoms with van der Waals surface area (Å²) in [6.45, 7) is 6.56. The van der Waals surface area contributed by atoms with Crippen molar-refractivity contribution in [2.45, 2.75) is 52.4 Å². The van der Waals surface area contributed by atoms with Crippen molar-refractivity contribution < 1.29 is 42.6 Å². The fraction of sp³-hybridized carbons (Fsp3) is 0.500. The number of hydrogen-bond acceptors (Lipinski definition) is 9. The molecule has 0 heterocycles. The largest absolute Gasteiger partial charge is 0.496 e. The maximum Gasteiger partial charge on any atom is 0.164 e. The molecule has 45 heavy (non-hydrogen) atoms. The summed E-state index contributed by atoms with van der Waals surface area (Å²) in [6, 6.07) is 11.6. The van der Waals surface area contributed by atoms with E-state index in [2.05, 4.69) is 20.8 Å². The molecule has 0 amide bonds. The summed E-state index contributed by atoms with van der Waals surface area (Å²) < 4.78 is 48.9. The first-order valence-electron chi connectivity index (χ1n) is 15.1. The van der Waals surface area contributed by atoms with E-state index in [0.717, 1.165) is 65.4 Å². The van der Waals surface area contributed by atoms with Crippen LogP contribution in [0.2, 0.25) is 0 Å². The fourth-order valence-corrected chi connectivity index (χ4v) is 5.57. The molecule has 3 rings (SSSR count). The number of hydrogen-bond donors (Lipinski definition) is 0. The van der Waals surface area contributed by atoms with Crippen molar-refractivity contribution in [3.8, 4) is 51.7 Å². The van der Waals surface area contributed by atoms with Gasteiger partial charge in [-0.05, 0) is 60.4 Å². The Hall–Kier alpha value is -4.14. The lowest BCUT2D eigenvalue weighted by Gasteiger charge is -2.27. The van der Waals surface area contributed by atoms with Crippen LogP contribution in [0.3, 0.4) is 0 Å². The predicted octanol–water partition coefficient (Wildman–Crippen LogP) is 7.78. The molecule has 0 aliphatic heterocycles. The van der Waals surface area contributed by atoms with Gasteiger partial charge < -0.3 is 42.6 Å². The quantitative estimate of drug-likeness (QED) is 0.158. The molecule has 0 bridgehead atoms. The molecule has 3 aromatic carbocycles. The molecular weight excluding hydrogens is 576 g/mol. The Labute approximate surface area is 269 Å². The maximum atomic E-state index is 5.69. The molecule has 2 unspecified atom stereocenters. The molecule has 0 aliphatic rings. The Morgan fingerprint density at radius 2 is 0.800 bits per heavy atom. The summed E-state index contributed by atoms with van der Waals surface area (Å²) >= 11 is 0. The van der Waals surface area contributed by atoms with Crippen LogP contribution in [0.15, 0.2) is 36.4 Å². The van der Waals surface area contributed by atoms with Crippen molar-refractivity contribution in [3.05, 3.63) is 53.1 Å². The van der Waals surface area contributed by atoms with Crippen LogP contribution in [0.4, 0.5) is 0 Å². The Kier molecular flexibility index (Phi) is 15.3. The minimum Gasteiger partial charge on any atom is -0.496 e. The zero-order valence-electron chi connectivity index (χ0n) is 29.1. The molecule has 0 saturated heterocycles. The van der Waals surface area contributed by atoms with Gasteiger partial charge in [-0.1, -0.05) is 27.2 Å². The summed E-state index contributed by atoms with van der Waals surface area (Å²) in [5.74, 6) is 7.14. The molecule has 0 spiro atoms. The Bertz CT molecular complexity index is 1340. The first kappa shape index (κ1) is 37.0. The summed E-state index contributed by atoms with van der Waals surface area (Å²) in [7, 11) is 14.8. The highest BCUT2D eigenvalue weighted by molar-refractivity contribution is 5.54. The van der Waals surface area contributed by atoms with Crippen LogP contribution in [0.5, 0.6) is 51.7 Å². The molecule has 0 aliphatic carbocycles. The van der Waals surface area contributed by atoms with E-state index in [4.69, 9.17) is 42.6 Å². The Balaban J connectivity index is 0.000000394. The third kappa shape index (κ3) is 9.19. The molecule has 250 valence electrons. The molecule has 2 atom stereocenters. The molecule has 0 saturated carbocycles. The number of methoxy groups -OCH3 is 9. The molecule has 0 aromatic heterocycles.